The smallest absolute Gasteiger partial charge is 0.250 e. The van der Waals surface area contributed by atoms with E-state index in [1.807, 2.05) is 6.07 Å². The fraction of sp³-hybridized carbons (Fsp3) is 0.231. The molecule has 1 aliphatic rings. The fourth-order valence-corrected chi connectivity index (χ4v) is 5.09. The average Bonchev–Trinajstić information content (AvgIpc) is 2.85. The van der Waals surface area contributed by atoms with Gasteiger partial charge in [-0.05, 0) is 35.9 Å². The molecular weight excluding hydrogens is 464 g/mol. The molecule has 4 rings (SSSR count). The first-order chi connectivity index (χ1) is 16.7. The van der Waals surface area contributed by atoms with E-state index in [1.54, 1.807) is 66.7 Å². The third kappa shape index (κ3) is 5.52. The highest BCUT2D eigenvalue weighted by molar-refractivity contribution is 7.90. The maximum atomic E-state index is 13.5. The average molecular weight is 493 g/mol. The Labute approximate surface area is 204 Å². The molecule has 8 nitrogen and oxygen atoms in total. The van der Waals surface area contributed by atoms with Gasteiger partial charge in [0.05, 0.1) is 4.90 Å². The molecule has 0 radical (unpaired) electrons. The van der Waals surface area contributed by atoms with Gasteiger partial charge in [-0.1, -0.05) is 42.5 Å². The number of rotatable bonds is 7. The van der Waals surface area contributed by atoms with Gasteiger partial charge in [-0.25, -0.2) is 8.42 Å². The van der Waals surface area contributed by atoms with Crippen LogP contribution < -0.4 is 16.4 Å². The molecule has 1 amide bonds. The number of benzene rings is 3. The van der Waals surface area contributed by atoms with Crippen molar-refractivity contribution >= 4 is 33.0 Å². The van der Waals surface area contributed by atoms with E-state index in [0.29, 0.717) is 48.6 Å². The lowest BCUT2D eigenvalue weighted by molar-refractivity contribution is -0.123. The third-order valence-corrected chi connectivity index (χ3v) is 7.23. The van der Waals surface area contributed by atoms with Gasteiger partial charge in [0.2, 0.25) is 5.91 Å². The number of amides is 1. The molecule has 3 aromatic rings. The molecule has 0 atom stereocenters. The van der Waals surface area contributed by atoms with Crippen LogP contribution in [0.2, 0.25) is 0 Å². The summed E-state index contributed by atoms with van der Waals surface area (Å²) in [5.74, 6) is -0.241. The first kappa shape index (κ1) is 24.4. The van der Waals surface area contributed by atoms with Crippen LogP contribution in [0.25, 0.3) is 11.1 Å². The van der Waals surface area contributed by atoms with Gasteiger partial charge in [-0.2, -0.15) is 0 Å². The second-order valence-corrected chi connectivity index (χ2v) is 10.6. The number of nitrogen functional groups attached to an aromatic ring is 1. The number of sulfone groups is 1. The Kier molecular flexibility index (Phi) is 6.90. The van der Waals surface area contributed by atoms with Gasteiger partial charge in [-0.15, -0.1) is 0 Å². The van der Waals surface area contributed by atoms with Crippen LogP contribution in [0.4, 0.5) is 11.4 Å². The Hall–Kier alpha value is -3.69. The van der Waals surface area contributed by atoms with Crippen LogP contribution in [0.5, 0.6) is 0 Å². The maximum Gasteiger partial charge on any atom is 0.250 e. The summed E-state index contributed by atoms with van der Waals surface area (Å²) in [6, 6.07) is 21.1. The van der Waals surface area contributed by atoms with Gasteiger partial charge in [0.15, 0.2) is 9.84 Å². The van der Waals surface area contributed by atoms with E-state index in [0.717, 1.165) is 5.56 Å². The summed E-state index contributed by atoms with van der Waals surface area (Å²) in [5, 5.41) is 14.0. The van der Waals surface area contributed by atoms with E-state index in [2.05, 4.69) is 10.6 Å². The van der Waals surface area contributed by atoms with Gasteiger partial charge in [0, 0.05) is 54.8 Å². The molecule has 9 heteroatoms. The first-order valence-electron chi connectivity index (χ1n) is 11.2. The molecule has 0 unspecified atom stereocenters. The lowest BCUT2D eigenvalue weighted by Gasteiger charge is -2.37. The van der Waals surface area contributed by atoms with E-state index in [-0.39, 0.29) is 16.6 Å². The number of ether oxygens (including phenoxy) is 1. The number of nitrogens with one attached hydrogen (secondary N) is 3. The molecule has 0 aliphatic carbocycles. The van der Waals surface area contributed by atoms with Gasteiger partial charge in [0.25, 0.3) is 0 Å². The zero-order valence-electron chi connectivity index (χ0n) is 19.4. The number of amidine groups is 1. The highest BCUT2D eigenvalue weighted by atomic mass is 32.2. The summed E-state index contributed by atoms with van der Waals surface area (Å²) in [7, 11) is -3.38. The second kappa shape index (κ2) is 9.89. The number of carbonyl (C=O) groups excluding carboxylic acids is 1. The molecule has 5 N–H and O–H groups in total. The Morgan fingerprint density at radius 1 is 0.971 bits per heavy atom. The Balaban J connectivity index is 1.57. The quantitative estimate of drug-likeness (QED) is 0.294. The molecule has 0 aromatic heterocycles. The van der Waals surface area contributed by atoms with Crippen molar-refractivity contribution in [1.29, 1.82) is 5.41 Å². The molecular formula is C26H28N4O4S. The zero-order chi connectivity index (χ0) is 25.1. The highest BCUT2D eigenvalue weighted by Gasteiger charge is 2.40. The van der Waals surface area contributed by atoms with Crippen molar-refractivity contribution in [2.24, 2.45) is 5.73 Å². The number of hydrogen-bond acceptors (Lipinski definition) is 6. The minimum absolute atomic E-state index is 0.0448. The summed E-state index contributed by atoms with van der Waals surface area (Å²) in [5.41, 5.74) is 7.95. The second-order valence-electron chi connectivity index (χ2n) is 8.61. The van der Waals surface area contributed by atoms with Crippen molar-refractivity contribution in [2.45, 2.75) is 23.3 Å². The Bertz CT molecular complexity index is 1350. The molecule has 35 heavy (non-hydrogen) atoms. The Morgan fingerprint density at radius 2 is 1.66 bits per heavy atom. The van der Waals surface area contributed by atoms with Crippen molar-refractivity contribution in [1.82, 2.24) is 0 Å². The van der Waals surface area contributed by atoms with Crippen molar-refractivity contribution in [2.75, 3.05) is 30.1 Å². The van der Waals surface area contributed by atoms with Crippen molar-refractivity contribution in [3.8, 4) is 11.1 Å². The van der Waals surface area contributed by atoms with E-state index < -0.39 is 15.4 Å². The van der Waals surface area contributed by atoms with E-state index >= 15 is 0 Å². The first-order valence-corrected chi connectivity index (χ1v) is 13.1. The largest absolute Gasteiger partial charge is 0.384 e. The molecule has 1 fully saturated rings. The van der Waals surface area contributed by atoms with Gasteiger partial charge in [-0.3, -0.25) is 10.2 Å². The van der Waals surface area contributed by atoms with Gasteiger partial charge in [0.1, 0.15) is 11.4 Å². The molecule has 0 spiro atoms. The maximum absolute atomic E-state index is 13.5. The van der Waals surface area contributed by atoms with Crippen molar-refractivity contribution < 1.29 is 17.9 Å². The zero-order valence-corrected chi connectivity index (χ0v) is 20.2. The van der Waals surface area contributed by atoms with Crippen LogP contribution in [0, 0.1) is 5.41 Å². The minimum atomic E-state index is -3.38. The standard InChI is InChI=1S/C26H28N4O4S/c1-35(32,33)23-8-3-2-7-22(23)18-9-11-20(12-10-18)29-25(31)26(13-15-34-16-14-26)30-21-6-4-5-19(17-21)24(27)28/h2-12,17,30H,13-16H2,1H3,(H3,27,28)(H,29,31). The van der Waals surface area contributed by atoms with Crippen molar-refractivity contribution in [3.05, 3.63) is 78.4 Å². The van der Waals surface area contributed by atoms with Crippen LogP contribution in [0.15, 0.2) is 77.7 Å². The van der Waals surface area contributed by atoms with E-state index in [1.165, 1.54) is 6.26 Å². The fourth-order valence-electron chi connectivity index (χ4n) is 4.18. The molecule has 1 saturated heterocycles. The summed E-state index contributed by atoms with van der Waals surface area (Å²) < 4.78 is 29.8. The van der Waals surface area contributed by atoms with E-state index in [4.69, 9.17) is 15.9 Å². The van der Waals surface area contributed by atoms with Crippen molar-refractivity contribution in [3.63, 3.8) is 0 Å². The molecule has 0 bridgehead atoms. The number of carbonyl (C=O) groups is 1. The van der Waals surface area contributed by atoms with Gasteiger partial charge < -0.3 is 21.1 Å². The van der Waals surface area contributed by atoms with E-state index in [9.17, 15) is 13.2 Å². The highest BCUT2D eigenvalue weighted by Crippen LogP contribution is 2.30. The predicted octanol–water partition coefficient (Wildman–Crippen LogP) is 3.64. The summed E-state index contributed by atoms with van der Waals surface area (Å²) in [6.07, 6.45) is 2.14. The van der Waals surface area contributed by atoms with Crippen LogP contribution in [-0.2, 0) is 19.4 Å². The van der Waals surface area contributed by atoms with Crippen LogP contribution in [0.1, 0.15) is 18.4 Å². The minimum Gasteiger partial charge on any atom is -0.384 e. The lowest BCUT2D eigenvalue weighted by atomic mass is 9.88. The number of hydrogen-bond donors (Lipinski definition) is 4. The SMILES string of the molecule is CS(=O)(=O)c1ccccc1-c1ccc(NC(=O)C2(Nc3cccc(C(=N)N)c3)CCOCC2)cc1. The summed E-state index contributed by atoms with van der Waals surface area (Å²) in [6.45, 7) is 0.877. The number of anilines is 2. The molecule has 182 valence electrons. The number of nitrogens with two attached hydrogens (primary N) is 1. The van der Waals surface area contributed by atoms with Gasteiger partial charge >= 0.3 is 0 Å². The molecule has 0 saturated carbocycles. The molecule has 3 aromatic carbocycles. The lowest BCUT2D eigenvalue weighted by Crippen LogP contribution is -2.53. The van der Waals surface area contributed by atoms with Crippen LogP contribution >= 0.6 is 0 Å². The summed E-state index contributed by atoms with van der Waals surface area (Å²) in [4.78, 5) is 13.7. The summed E-state index contributed by atoms with van der Waals surface area (Å²) >= 11 is 0. The monoisotopic (exact) mass is 492 g/mol. The molecule has 1 aliphatic heterocycles. The van der Waals surface area contributed by atoms with Crippen LogP contribution in [-0.4, -0.2) is 45.2 Å². The molecule has 1 heterocycles. The van der Waals surface area contributed by atoms with Crippen LogP contribution in [0.3, 0.4) is 0 Å². The topological polar surface area (TPSA) is 134 Å². The normalized spacial score (nSPS) is 15.2. The third-order valence-electron chi connectivity index (χ3n) is 6.08. The predicted molar refractivity (Wildman–Crippen MR) is 137 cm³/mol. The Morgan fingerprint density at radius 3 is 2.31 bits per heavy atom.